The summed E-state index contributed by atoms with van der Waals surface area (Å²) in [5, 5.41) is 0. The fraction of sp³-hybridized carbons (Fsp3) is 0.294. The van der Waals surface area contributed by atoms with Crippen LogP contribution in [-0.2, 0) is 0 Å². The number of benzene rings is 2. The van der Waals surface area contributed by atoms with Gasteiger partial charge in [-0.2, -0.15) is 0 Å². The van der Waals surface area contributed by atoms with Crippen LogP contribution in [0.2, 0.25) is 0 Å². The molecule has 2 N–H and O–H groups in total. The van der Waals surface area contributed by atoms with Crippen molar-refractivity contribution >= 4 is 17.1 Å². The molecule has 0 aliphatic heterocycles. The van der Waals surface area contributed by atoms with Gasteiger partial charge in [0.05, 0.1) is 12.3 Å². The molecule has 2 aromatic carbocycles. The van der Waals surface area contributed by atoms with Gasteiger partial charge in [-0.1, -0.05) is 18.2 Å². The number of nitrogens with zero attached hydrogens (tertiary/aromatic N) is 1. The van der Waals surface area contributed by atoms with Crippen LogP contribution < -0.4 is 15.4 Å². The number of aryl methyl sites for hydroxylation is 1. The lowest BCUT2D eigenvalue weighted by atomic mass is 10.1. The van der Waals surface area contributed by atoms with E-state index >= 15 is 0 Å². The molecule has 0 fully saturated rings. The fourth-order valence-corrected chi connectivity index (χ4v) is 2.33. The van der Waals surface area contributed by atoms with E-state index < -0.39 is 0 Å². The van der Waals surface area contributed by atoms with Gasteiger partial charge in [-0.3, -0.25) is 0 Å². The quantitative estimate of drug-likeness (QED) is 0.830. The van der Waals surface area contributed by atoms with E-state index in [-0.39, 0.29) is 0 Å². The smallest absolute Gasteiger partial charge is 0.144 e. The third-order valence-electron chi connectivity index (χ3n) is 3.33. The minimum absolute atomic E-state index is 0.615. The molecule has 0 saturated carbocycles. The largest absolute Gasteiger partial charge is 0.492 e. The van der Waals surface area contributed by atoms with Crippen molar-refractivity contribution in [2.24, 2.45) is 0 Å². The lowest BCUT2D eigenvalue weighted by Crippen LogP contribution is -2.17. The van der Waals surface area contributed by atoms with Crippen LogP contribution in [0.15, 0.2) is 42.5 Å². The van der Waals surface area contributed by atoms with Crippen molar-refractivity contribution in [2.45, 2.75) is 20.8 Å². The highest BCUT2D eigenvalue weighted by Gasteiger charge is 2.11. The Morgan fingerprint density at radius 2 is 1.85 bits per heavy atom. The molecule has 0 amide bonds. The van der Waals surface area contributed by atoms with Crippen LogP contribution >= 0.6 is 0 Å². The van der Waals surface area contributed by atoms with Crippen molar-refractivity contribution < 1.29 is 4.74 Å². The van der Waals surface area contributed by atoms with Crippen LogP contribution in [0.25, 0.3) is 0 Å². The highest BCUT2D eigenvalue weighted by Crippen LogP contribution is 2.33. The summed E-state index contributed by atoms with van der Waals surface area (Å²) in [4.78, 5) is 2.26. The molecule has 3 heteroatoms. The molecule has 0 saturated heterocycles. The van der Waals surface area contributed by atoms with Crippen LogP contribution in [0.3, 0.4) is 0 Å². The molecule has 0 aromatic heterocycles. The van der Waals surface area contributed by atoms with Crippen LogP contribution in [0.4, 0.5) is 17.1 Å². The summed E-state index contributed by atoms with van der Waals surface area (Å²) in [5.74, 6) is 0.747. The minimum atomic E-state index is 0.615. The molecule has 0 aliphatic rings. The van der Waals surface area contributed by atoms with E-state index in [0.29, 0.717) is 12.3 Å². The Hall–Kier alpha value is -2.16. The molecular weight excluding hydrogens is 248 g/mol. The van der Waals surface area contributed by atoms with Crippen LogP contribution in [0.5, 0.6) is 5.75 Å². The summed E-state index contributed by atoms with van der Waals surface area (Å²) in [6.07, 6.45) is 0. The SMILES string of the molecule is CCOc1cc(N(CC)c2ccccc2C)ccc1N. The molecule has 0 unspecified atom stereocenters. The lowest BCUT2D eigenvalue weighted by molar-refractivity contribution is 0.342. The fourth-order valence-electron chi connectivity index (χ4n) is 2.33. The predicted molar refractivity (Wildman–Crippen MR) is 85.9 cm³/mol. The number of para-hydroxylation sites is 1. The molecule has 2 aromatic rings. The first-order chi connectivity index (χ1) is 9.67. The third-order valence-corrected chi connectivity index (χ3v) is 3.33. The first-order valence-corrected chi connectivity index (χ1v) is 7.02. The summed E-state index contributed by atoms with van der Waals surface area (Å²) < 4.78 is 5.59. The van der Waals surface area contributed by atoms with Gasteiger partial charge in [0.1, 0.15) is 5.75 Å². The normalized spacial score (nSPS) is 10.3. The number of rotatable bonds is 5. The molecule has 0 aliphatic carbocycles. The molecule has 20 heavy (non-hydrogen) atoms. The maximum absolute atomic E-state index is 5.94. The predicted octanol–water partition coefficient (Wildman–Crippen LogP) is 4.13. The average Bonchev–Trinajstić information content (AvgIpc) is 2.45. The lowest BCUT2D eigenvalue weighted by Gasteiger charge is -2.26. The van der Waals surface area contributed by atoms with Crippen molar-refractivity contribution in [3.05, 3.63) is 48.0 Å². The number of nitrogens with two attached hydrogens (primary N) is 1. The van der Waals surface area contributed by atoms with Crippen molar-refractivity contribution in [1.29, 1.82) is 0 Å². The number of ether oxygens (including phenoxy) is 1. The molecule has 0 bridgehead atoms. The zero-order valence-corrected chi connectivity index (χ0v) is 12.4. The second-order valence-electron chi connectivity index (χ2n) is 4.69. The first kappa shape index (κ1) is 14.3. The van der Waals surface area contributed by atoms with Gasteiger partial charge in [0, 0.05) is 24.0 Å². The van der Waals surface area contributed by atoms with Gasteiger partial charge in [-0.05, 0) is 44.5 Å². The maximum atomic E-state index is 5.94. The standard InChI is InChI=1S/C17H22N2O/c1-4-19(16-9-7-6-8-13(16)3)14-10-11-15(18)17(12-14)20-5-2/h6-12H,4-5,18H2,1-3H3. The van der Waals surface area contributed by atoms with E-state index in [1.807, 2.05) is 25.1 Å². The zero-order valence-electron chi connectivity index (χ0n) is 12.4. The van der Waals surface area contributed by atoms with Gasteiger partial charge in [0.15, 0.2) is 0 Å². The molecule has 0 heterocycles. The topological polar surface area (TPSA) is 38.5 Å². The van der Waals surface area contributed by atoms with E-state index in [2.05, 4.69) is 43.0 Å². The number of anilines is 3. The zero-order chi connectivity index (χ0) is 14.5. The van der Waals surface area contributed by atoms with Crippen molar-refractivity contribution in [2.75, 3.05) is 23.8 Å². The monoisotopic (exact) mass is 270 g/mol. The summed E-state index contributed by atoms with van der Waals surface area (Å²) in [6.45, 7) is 7.73. The van der Waals surface area contributed by atoms with Crippen molar-refractivity contribution in [3.8, 4) is 5.75 Å². The molecule has 0 radical (unpaired) electrons. The molecular formula is C17H22N2O. The van der Waals surface area contributed by atoms with Gasteiger partial charge in [-0.15, -0.1) is 0 Å². The second-order valence-corrected chi connectivity index (χ2v) is 4.69. The van der Waals surface area contributed by atoms with Crippen molar-refractivity contribution in [3.63, 3.8) is 0 Å². The molecule has 2 rings (SSSR count). The molecule has 3 nitrogen and oxygen atoms in total. The molecule has 106 valence electrons. The number of hydrogen-bond donors (Lipinski definition) is 1. The van der Waals surface area contributed by atoms with Gasteiger partial charge in [-0.25, -0.2) is 0 Å². The van der Waals surface area contributed by atoms with Gasteiger partial charge in [0.25, 0.3) is 0 Å². The van der Waals surface area contributed by atoms with Crippen LogP contribution in [-0.4, -0.2) is 13.2 Å². The van der Waals surface area contributed by atoms with E-state index in [4.69, 9.17) is 10.5 Å². The minimum Gasteiger partial charge on any atom is -0.492 e. The molecule has 0 spiro atoms. The Bertz CT molecular complexity index is 581. The number of hydrogen-bond acceptors (Lipinski definition) is 3. The Kier molecular flexibility index (Phi) is 4.51. The van der Waals surface area contributed by atoms with Gasteiger partial charge < -0.3 is 15.4 Å². The Balaban J connectivity index is 2.42. The van der Waals surface area contributed by atoms with Gasteiger partial charge >= 0.3 is 0 Å². The van der Waals surface area contributed by atoms with E-state index in [1.54, 1.807) is 0 Å². The van der Waals surface area contributed by atoms with Crippen LogP contribution in [0.1, 0.15) is 19.4 Å². The Morgan fingerprint density at radius 3 is 2.50 bits per heavy atom. The average molecular weight is 270 g/mol. The van der Waals surface area contributed by atoms with E-state index in [0.717, 1.165) is 18.0 Å². The third kappa shape index (κ3) is 2.87. The summed E-state index contributed by atoms with van der Waals surface area (Å²) in [5.41, 5.74) is 10.2. The Labute approximate surface area is 121 Å². The van der Waals surface area contributed by atoms with Crippen molar-refractivity contribution in [1.82, 2.24) is 0 Å². The highest BCUT2D eigenvalue weighted by molar-refractivity contribution is 5.70. The van der Waals surface area contributed by atoms with Crippen LogP contribution in [0, 0.1) is 6.92 Å². The first-order valence-electron chi connectivity index (χ1n) is 7.02. The summed E-state index contributed by atoms with van der Waals surface area (Å²) >= 11 is 0. The maximum Gasteiger partial charge on any atom is 0.144 e. The van der Waals surface area contributed by atoms with Gasteiger partial charge in [0.2, 0.25) is 0 Å². The highest BCUT2D eigenvalue weighted by atomic mass is 16.5. The molecule has 0 atom stereocenters. The number of nitrogen functional groups attached to an aromatic ring is 1. The van der Waals surface area contributed by atoms with E-state index in [9.17, 15) is 0 Å². The Morgan fingerprint density at radius 1 is 1.10 bits per heavy atom. The summed E-state index contributed by atoms with van der Waals surface area (Å²) in [7, 11) is 0. The van der Waals surface area contributed by atoms with E-state index in [1.165, 1.54) is 11.3 Å². The second kappa shape index (κ2) is 6.33. The summed E-state index contributed by atoms with van der Waals surface area (Å²) in [6, 6.07) is 14.3.